The largest absolute Gasteiger partial charge is 0.206 e. The first-order chi connectivity index (χ1) is 20.3. The summed E-state index contributed by atoms with van der Waals surface area (Å²) in [7, 11) is 0. The molecule has 0 saturated heterocycles. The number of hydrogen-bond donors (Lipinski definition) is 0. The highest BCUT2D eigenvalue weighted by molar-refractivity contribution is 5.41. The molecule has 1 unspecified atom stereocenters. The molecule has 0 aliphatic heterocycles. The van der Waals surface area contributed by atoms with Crippen molar-refractivity contribution in [3.05, 3.63) is 104 Å². The fourth-order valence-electron chi connectivity index (χ4n) is 7.07. The van der Waals surface area contributed by atoms with E-state index in [1.165, 1.54) is 42.5 Å². The first-order valence-electron chi connectivity index (χ1n) is 15.5. The zero-order valence-electron chi connectivity index (χ0n) is 24.2. The lowest BCUT2D eigenvalue weighted by Crippen LogP contribution is -2.23. The van der Waals surface area contributed by atoms with Crippen LogP contribution in [0.3, 0.4) is 0 Å². The molecule has 0 aromatic heterocycles. The molecule has 6 heteroatoms. The molecule has 0 amide bonds. The summed E-state index contributed by atoms with van der Waals surface area (Å²) in [5.41, 5.74) is 2.69. The molecule has 1 fully saturated rings. The van der Waals surface area contributed by atoms with E-state index in [1.807, 2.05) is 0 Å². The van der Waals surface area contributed by atoms with Crippen LogP contribution >= 0.6 is 0 Å². The number of halogens is 5. The minimum atomic E-state index is -1.17. The summed E-state index contributed by atoms with van der Waals surface area (Å²) >= 11 is 0. The molecule has 3 aromatic rings. The van der Waals surface area contributed by atoms with Gasteiger partial charge in [0.1, 0.15) is 11.9 Å². The standard InChI is InChI=1S/C36H38F5N/c1-2-3-4-5-22-6-8-23(9-7-22)10-11-24-12-18-29-30(20-24)35(40)36(41)31(33(29)38)26-15-13-25(14-16-26)28-19-17-27(21-42)32(37)34(28)39/h6-9,17,19,24-26H,2-5,10-16,18,20H2,1H3. The molecule has 1 saturated carbocycles. The maximum atomic E-state index is 15.8. The van der Waals surface area contributed by atoms with Crippen LogP contribution in [0.4, 0.5) is 22.0 Å². The Morgan fingerprint density at radius 2 is 1.36 bits per heavy atom. The van der Waals surface area contributed by atoms with Crippen LogP contribution in [0.25, 0.3) is 0 Å². The van der Waals surface area contributed by atoms with Crippen LogP contribution in [-0.4, -0.2) is 0 Å². The molecule has 1 nitrogen and oxygen atoms in total. The summed E-state index contributed by atoms with van der Waals surface area (Å²) in [6.07, 6.45) is 9.34. The van der Waals surface area contributed by atoms with Gasteiger partial charge in [-0.1, -0.05) is 50.1 Å². The lowest BCUT2D eigenvalue weighted by molar-refractivity contribution is 0.349. The van der Waals surface area contributed by atoms with Crippen molar-refractivity contribution in [1.29, 1.82) is 5.26 Å². The Balaban J connectivity index is 1.23. The Bertz CT molecular complexity index is 1450. The highest BCUT2D eigenvalue weighted by Gasteiger charge is 2.35. The first kappa shape index (κ1) is 30.3. The van der Waals surface area contributed by atoms with Crippen LogP contribution in [0, 0.1) is 46.3 Å². The maximum absolute atomic E-state index is 15.8. The zero-order chi connectivity index (χ0) is 29.8. The number of fused-ring (bicyclic) bond motifs is 1. The molecule has 222 valence electrons. The summed E-state index contributed by atoms with van der Waals surface area (Å²) in [6, 6.07) is 13.0. The fourth-order valence-corrected chi connectivity index (χ4v) is 7.07. The molecule has 2 aliphatic carbocycles. The molecule has 1 atom stereocenters. The van der Waals surface area contributed by atoms with Gasteiger partial charge in [0, 0.05) is 5.56 Å². The number of benzene rings is 3. The number of nitriles is 1. The van der Waals surface area contributed by atoms with Gasteiger partial charge in [0.2, 0.25) is 0 Å². The van der Waals surface area contributed by atoms with Crippen molar-refractivity contribution in [2.24, 2.45) is 5.92 Å². The predicted molar refractivity (Wildman–Crippen MR) is 155 cm³/mol. The SMILES string of the molecule is CCCCCc1ccc(CCC2CCc3c(F)c(C4CCC(c5ccc(C#N)c(F)c5F)CC4)c(F)c(F)c3C2)cc1. The van der Waals surface area contributed by atoms with Gasteiger partial charge in [-0.2, -0.15) is 5.26 Å². The van der Waals surface area contributed by atoms with Crippen LogP contribution in [0.2, 0.25) is 0 Å². The topological polar surface area (TPSA) is 23.8 Å². The Morgan fingerprint density at radius 3 is 2.02 bits per heavy atom. The van der Waals surface area contributed by atoms with E-state index >= 15 is 13.2 Å². The van der Waals surface area contributed by atoms with E-state index in [1.54, 1.807) is 6.07 Å². The van der Waals surface area contributed by atoms with Crippen LogP contribution in [0.1, 0.15) is 115 Å². The smallest absolute Gasteiger partial charge is 0.176 e. The van der Waals surface area contributed by atoms with Gasteiger partial charge in [-0.25, -0.2) is 22.0 Å². The summed E-state index contributed by atoms with van der Waals surface area (Å²) in [4.78, 5) is 0. The Labute approximate surface area is 245 Å². The van der Waals surface area contributed by atoms with Crippen molar-refractivity contribution in [3.8, 4) is 6.07 Å². The third-order valence-corrected chi connectivity index (χ3v) is 9.60. The Morgan fingerprint density at radius 1 is 0.690 bits per heavy atom. The third kappa shape index (κ3) is 6.26. The second-order valence-corrected chi connectivity index (χ2v) is 12.2. The van der Waals surface area contributed by atoms with E-state index in [-0.39, 0.29) is 34.1 Å². The average Bonchev–Trinajstić information content (AvgIpc) is 3.01. The van der Waals surface area contributed by atoms with Crippen molar-refractivity contribution < 1.29 is 22.0 Å². The highest BCUT2D eigenvalue weighted by atomic mass is 19.2. The van der Waals surface area contributed by atoms with Gasteiger partial charge in [-0.3, -0.25) is 0 Å². The van der Waals surface area contributed by atoms with Crippen LogP contribution in [0.15, 0.2) is 36.4 Å². The summed E-state index contributed by atoms with van der Waals surface area (Å²) in [6.45, 7) is 2.20. The monoisotopic (exact) mass is 579 g/mol. The van der Waals surface area contributed by atoms with Crippen molar-refractivity contribution in [3.63, 3.8) is 0 Å². The second kappa shape index (κ2) is 13.4. The lowest BCUT2D eigenvalue weighted by atomic mass is 9.73. The average molecular weight is 580 g/mol. The minimum Gasteiger partial charge on any atom is -0.206 e. The summed E-state index contributed by atoms with van der Waals surface area (Å²) < 4.78 is 75.4. The normalized spacial score (nSPS) is 20.3. The molecule has 2 aliphatic rings. The Hall–Kier alpha value is -3.20. The molecular formula is C36H38F5N. The summed E-state index contributed by atoms with van der Waals surface area (Å²) in [5, 5.41) is 8.93. The van der Waals surface area contributed by atoms with Crippen LogP contribution in [-0.2, 0) is 25.7 Å². The molecule has 0 spiro atoms. The van der Waals surface area contributed by atoms with Crippen molar-refractivity contribution in [2.45, 2.75) is 102 Å². The fraction of sp³-hybridized carbons (Fsp3) is 0.472. The van der Waals surface area contributed by atoms with Gasteiger partial charge in [0.15, 0.2) is 23.3 Å². The van der Waals surface area contributed by atoms with E-state index in [0.717, 1.165) is 25.7 Å². The molecule has 0 bridgehead atoms. The van der Waals surface area contributed by atoms with E-state index < -0.39 is 35.0 Å². The first-order valence-corrected chi connectivity index (χ1v) is 15.5. The molecule has 0 radical (unpaired) electrons. The highest BCUT2D eigenvalue weighted by Crippen LogP contribution is 2.45. The predicted octanol–water partition coefficient (Wildman–Crippen LogP) is 10.2. The number of hydrogen-bond acceptors (Lipinski definition) is 1. The minimum absolute atomic E-state index is 0.166. The number of nitrogens with zero attached hydrogens (tertiary/aromatic N) is 1. The third-order valence-electron chi connectivity index (χ3n) is 9.60. The molecular weight excluding hydrogens is 541 g/mol. The van der Waals surface area contributed by atoms with Crippen LogP contribution < -0.4 is 0 Å². The van der Waals surface area contributed by atoms with Gasteiger partial charge in [0.05, 0.1) is 5.56 Å². The van der Waals surface area contributed by atoms with Gasteiger partial charge in [0.25, 0.3) is 0 Å². The summed E-state index contributed by atoms with van der Waals surface area (Å²) in [5.74, 6) is -5.53. The second-order valence-electron chi connectivity index (χ2n) is 12.2. The van der Waals surface area contributed by atoms with Gasteiger partial charge in [-0.05, 0) is 122 Å². The molecule has 5 rings (SSSR count). The van der Waals surface area contributed by atoms with E-state index in [9.17, 15) is 8.78 Å². The van der Waals surface area contributed by atoms with Crippen molar-refractivity contribution in [1.82, 2.24) is 0 Å². The maximum Gasteiger partial charge on any atom is 0.176 e. The zero-order valence-corrected chi connectivity index (χ0v) is 24.2. The van der Waals surface area contributed by atoms with Gasteiger partial charge < -0.3 is 0 Å². The molecule has 3 aromatic carbocycles. The number of unbranched alkanes of at least 4 members (excludes halogenated alkanes) is 2. The van der Waals surface area contributed by atoms with Crippen molar-refractivity contribution in [2.75, 3.05) is 0 Å². The molecule has 42 heavy (non-hydrogen) atoms. The van der Waals surface area contributed by atoms with E-state index in [2.05, 4.69) is 31.2 Å². The number of rotatable bonds is 9. The molecule has 0 heterocycles. The lowest BCUT2D eigenvalue weighted by Gasteiger charge is -2.32. The quantitative estimate of drug-likeness (QED) is 0.141. The number of aryl methyl sites for hydroxylation is 2. The van der Waals surface area contributed by atoms with E-state index in [4.69, 9.17) is 5.26 Å². The van der Waals surface area contributed by atoms with Gasteiger partial charge in [-0.15, -0.1) is 0 Å². The van der Waals surface area contributed by atoms with E-state index in [0.29, 0.717) is 44.1 Å². The molecule has 0 N–H and O–H groups in total. The van der Waals surface area contributed by atoms with Crippen molar-refractivity contribution >= 4 is 0 Å². The van der Waals surface area contributed by atoms with Gasteiger partial charge >= 0.3 is 0 Å². The Kier molecular flexibility index (Phi) is 9.66. The van der Waals surface area contributed by atoms with Crippen LogP contribution in [0.5, 0.6) is 0 Å².